The Hall–Kier alpha value is -1.47. The highest BCUT2D eigenvalue weighted by atomic mass is 32.2. The van der Waals surface area contributed by atoms with Crippen LogP contribution in [0.2, 0.25) is 0 Å². The van der Waals surface area contributed by atoms with E-state index >= 15 is 0 Å². The topological polar surface area (TPSA) is 56.0 Å². The van der Waals surface area contributed by atoms with Crippen LogP contribution in [0.5, 0.6) is 0 Å². The minimum atomic E-state index is 0.123. The maximum Gasteiger partial charge on any atom is 0.185 e. The van der Waals surface area contributed by atoms with Gasteiger partial charge in [0.15, 0.2) is 5.12 Å². The Morgan fingerprint density at radius 1 is 1.67 bits per heavy atom. The van der Waals surface area contributed by atoms with Gasteiger partial charge in [0.05, 0.1) is 11.3 Å². The van der Waals surface area contributed by atoms with Crippen LogP contribution in [0.1, 0.15) is 18.9 Å². The molecule has 78 valence electrons. The van der Waals surface area contributed by atoms with Crippen LogP contribution in [0.15, 0.2) is 18.5 Å². The van der Waals surface area contributed by atoms with E-state index in [9.17, 15) is 4.79 Å². The molecule has 1 heterocycles. The van der Waals surface area contributed by atoms with E-state index < -0.39 is 0 Å². The molecule has 1 aromatic heterocycles. The van der Waals surface area contributed by atoms with Gasteiger partial charge in [-0.3, -0.25) is 9.78 Å². The second-order valence-electron chi connectivity index (χ2n) is 2.85. The average molecular weight is 220 g/mol. The summed E-state index contributed by atoms with van der Waals surface area (Å²) in [5, 5.41) is 0.123. The van der Waals surface area contributed by atoms with Gasteiger partial charge in [0, 0.05) is 31.5 Å². The van der Waals surface area contributed by atoms with Gasteiger partial charge in [0.25, 0.3) is 0 Å². The molecule has 0 radical (unpaired) electrons. The molecule has 4 heteroatoms. The maximum atomic E-state index is 10.6. The van der Waals surface area contributed by atoms with E-state index in [0.717, 1.165) is 11.3 Å². The normalized spacial score (nSPS) is 9.13. The SMILES string of the molecule is CC(=O)SCCC#Cc1cnccc1N. The predicted molar refractivity (Wildman–Crippen MR) is 63.3 cm³/mol. The third-order valence-corrected chi connectivity index (χ3v) is 2.43. The van der Waals surface area contributed by atoms with Crippen LogP contribution in [-0.4, -0.2) is 15.9 Å². The number of pyridine rings is 1. The lowest BCUT2D eigenvalue weighted by molar-refractivity contribution is -0.109. The number of anilines is 1. The van der Waals surface area contributed by atoms with Gasteiger partial charge in [-0.15, -0.1) is 0 Å². The minimum Gasteiger partial charge on any atom is -0.398 e. The second kappa shape index (κ2) is 6.10. The Balaban J connectivity index is 2.45. The van der Waals surface area contributed by atoms with Crippen molar-refractivity contribution in [3.63, 3.8) is 0 Å². The summed E-state index contributed by atoms with van der Waals surface area (Å²) in [6, 6.07) is 1.72. The molecule has 0 amide bonds. The molecule has 1 aromatic rings. The molecule has 0 fully saturated rings. The molecule has 0 aliphatic heterocycles. The molecule has 0 atom stereocenters. The Labute approximate surface area is 93.5 Å². The maximum absolute atomic E-state index is 10.6. The summed E-state index contributed by atoms with van der Waals surface area (Å²) in [5.41, 5.74) is 7.06. The first-order chi connectivity index (χ1) is 7.20. The summed E-state index contributed by atoms with van der Waals surface area (Å²) in [6.07, 6.45) is 3.95. The molecular formula is C11H12N2OS. The van der Waals surface area contributed by atoms with Crippen LogP contribution < -0.4 is 5.73 Å². The van der Waals surface area contributed by atoms with Crippen LogP contribution >= 0.6 is 11.8 Å². The lowest BCUT2D eigenvalue weighted by Crippen LogP contribution is -1.90. The molecule has 0 bridgehead atoms. The van der Waals surface area contributed by atoms with Crippen LogP contribution in [0.25, 0.3) is 0 Å². The molecule has 0 aliphatic carbocycles. The van der Waals surface area contributed by atoms with Crippen molar-refractivity contribution in [2.75, 3.05) is 11.5 Å². The quantitative estimate of drug-likeness (QED) is 0.608. The summed E-state index contributed by atoms with van der Waals surface area (Å²) in [7, 11) is 0. The lowest BCUT2D eigenvalue weighted by atomic mass is 10.2. The Kier molecular flexibility index (Phi) is 4.72. The molecule has 15 heavy (non-hydrogen) atoms. The highest BCUT2D eigenvalue weighted by molar-refractivity contribution is 8.13. The summed E-state index contributed by atoms with van der Waals surface area (Å²) in [4.78, 5) is 14.5. The zero-order valence-corrected chi connectivity index (χ0v) is 9.30. The van der Waals surface area contributed by atoms with Crippen LogP contribution in [0.3, 0.4) is 0 Å². The van der Waals surface area contributed by atoms with Crippen LogP contribution in [-0.2, 0) is 4.79 Å². The number of carbonyl (C=O) groups excluding carboxylic acids is 1. The molecule has 0 aromatic carbocycles. The molecule has 1 rings (SSSR count). The zero-order valence-electron chi connectivity index (χ0n) is 8.49. The van der Waals surface area contributed by atoms with Crippen molar-refractivity contribution in [2.24, 2.45) is 0 Å². The predicted octanol–water partition coefficient (Wildman–Crippen LogP) is 1.69. The van der Waals surface area contributed by atoms with E-state index in [1.807, 2.05) is 0 Å². The summed E-state index contributed by atoms with van der Waals surface area (Å²) in [6.45, 7) is 1.55. The van der Waals surface area contributed by atoms with Gasteiger partial charge in [-0.05, 0) is 6.07 Å². The highest BCUT2D eigenvalue weighted by Crippen LogP contribution is 2.06. The molecule has 3 nitrogen and oxygen atoms in total. The third-order valence-electron chi connectivity index (χ3n) is 1.61. The molecule has 0 spiro atoms. The number of nitrogens with zero attached hydrogens (tertiary/aromatic N) is 1. The minimum absolute atomic E-state index is 0.123. The summed E-state index contributed by atoms with van der Waals surface area (Å²) < 4.78 is 0. The summed E-state index contributed by atoms with van der Waals surface area (Å²) in [5.74, 6) is 6.60. The Morgan fingerprint density at radius 3 is 3.13 bits per heavy atom. The van der Waals surface area contributed by atoms with E-state index in [1.165, 1.54) is 11.8 Å². The number of hydrogen-bond donors (Lipinski definition) is 1. The number of carbonyl (C=O) groups is 1. The van der Waals surface area contributed by atoms with Crippen molar-refractivity contribution >= 4 is 22.6 Å². The molecular weight excluding hydrogens is 208 g/mol. The monoisotopic (exact) mass is 220 g/mol. The fourth-order valence-electron chi connectivity index (χ4n) is 0.913. The number of rotatable bonds is 2. The molecule has 0 unspecified atom stereocenters. The Bertz CT molecular complexity index is 407. The summed E-state index contributed by atoms with van der Waals surface area (Å²) >= 11 is 1.28. The van der Waals surface area contributed by atoms with Crippen molar-refractivity contribution in [3.05, 3.63) is 24.0 Å². The number of nitrogens with two attached hydrogens (primary N) is 1. The Morgan fingerprint density at radius 2 is 2.47 bits per heavy atom. The van der Waals surface area contributed by atoms with Crippen molar-refractivity contribution in [1.82, 2.24) is 4.98 Å². The number of hydrogen-bond acceptors (Lipinski definition) is 4. The van der Waals surface area contributed by atoms with Gasteiger partial charge in [-0.25, -0.2) is 0 Å². The van der Waals surface area contributed by atoms with Gasteiger partial charge in [0.1, 0.15) is 0 Å². The highest BCUT2D eigenvalue weighted by Gasteiger charge is 1.93. The van der Waals surface area contributed by atoms with E-state index in [4.69, 9.17) is 5.73 Å². The number of nitrogen functional groups attached to an aromatic ring is 1. The van der Waals surface area contributed by atoms with Crippen LogP contribution in [0, 0.1) is 11.8 Å². The van der Waals surface area contributed by atoms with Gasteiger partial charge < -0.3 is 5.73 Å². The standard InChI is InChI=1S/C11H12N2OS/c1-9(14)15-7-3-2-4-10-8-13-6-5-11(10)12/h5-6,8H,3,7H2,1H3,(H2,12,13). The molecule has 0 aliphatic rings. The molecule has 0 saturated heterocycles. The van der Waals surface area contributed by atoms with Crippen molar-refractivity contribution in [1.29, 1.82) is 0 Å². The largest absolute Gasteiger partial charge is 0.398 e. The lowest BCUT2D eigenvalue weighted by Gasteiger charge is -1.94. The smallest absolute Gasteiger partial charge is 0.185 e. The van der Waals surface area contributed by atoms with Gasteiger partial charge >= 0.3 is 0 Å². The number of aromatic nitrogens is 1. The second-order valence-corrected chi connectivity index (χ2v) is 4.13. The fraction of sp³-hybridized carbons (Fsp3) is 0.273. The number of thioether (sulfide) groups is 1. The van der Waals surface area contributed by atoms with Crippen molar-refractivity contribution < 1.29 is 4.79 Å². The van der Waals surface area contributed by atoms with E-state index in [-0.39, 0.29) is 5.12 Å². The van der Waals surface area contributed by atoms with Crippen molar-refractivity contribution in [3.8, 4) is 11.8 Å². The first-order valence-corrected chi connectivity index (χ1v) is 5.50. The van der Waals surface area contributed by atoms with Crippen LogP contribution in [0.4, 0.5) is 5.69 Å². The zero-order chi connectivity index (χ0) is 11.1. The van der Waals surface area contributed by atoms with Gasteiger partial charge in [0.2, 0.25) is 0 Å². The third kappa shape index (κ3) is 4.52. The molecule has 2 N–H and O–H groups in total. The van der Waals surface area contributed by atoms with Gasteiger partial charge in [-0.2, -0.15) is 0 Å². The van der Waals surface area contributed by atoms with E-state index in [1.54, 1.807) is 25.4 Å². The van der Waals surface area contributed by atoms with Gasteiger partial charge in [-0.1, -0.05) is 23.6 Å². The van der Waals surface area contributed by atoms with E-state index in [0.29, 0.717) is 12.1 Å². The fourth-order valence-corrected chi connectivity index (χ4v) is 1.40. The first kappa shape index (κ1) is 11.6. The average Bonchev–Trinajstić information content (AvgIpc) is 2.20. The van der Waals surface area contributed by atoms with Crippen molar-refractivity contribution in [2.45, 2.75) is 13.3 Å². The first-order valence-electron chi connectivity index (χ1n) is 4.52. The van der Waals surface area contributed by atoms with E-state index in [2.05, 4.69) is 16.8 Å². The molecule has 0 saturated carbocycles.